The zero-order chi connectivity index (χ0) is 16.5. The van der Waals surface area contributed by atoms with Crippen molar-refractivity contribution in [2.45, 2.75) is 16.3 Å². The summed E-state index contributed by atoms with van der Waals surface area (Å²) in [5.41, 5.74) is 9.46. The largest absolute Gasteiger partial charge is 0.398 e. The first-order valence-corrected chi connectivity index (χ1v) is 8.57. The van der Waals surface area contributed by atoms with E-state index < -0.39 is 0 Å². The van der Waals surface area contributed by atoms with E-state index in [1.165, 1.54) is 0 Å². The first-order valence-electron chi connectivity index (χ1n) is 7.75. The zero-order valence-electron chi connectivity index (χ0n) is 13.0. The predicted molar refractivity (Wildman–Crippen MR) is 98.4 cm³/mol. The Balaban J connectivity index is 1.87. The third-order valence-electron chi connectivity index (χ3n) is 4.07. The highest BCUT2D eigenvalue weighted by molar-refractivity contribution is 7.99. The number of hydrogen-bond donors (Lipinski definition) is 1. The summed E-state index contributed by atoms with van der Waals surface area (Å²) in [6, 6.07) is 23.5. The van der Waals surface area contributed by atoms with Gasteiger partial charge in [-0.3, -0.25) is 4.79 Å². The highest BCUT2D eigenvalue weighted by atomic mass is 32.2. The van der Waals surface area contributed by atoms with Crippen molar-refractivity contribution in [3.8, 4) is 0 Å². The summed E-state index contributed by atoms with van der Waals surface area (Å²) in [6.07, 6.45) is 0. The number of rotatable bonds is 2. The fourth-order valence-electron chi connectivity index (χ4n) is 2.89. The van der Waals surface area contributed by atoms with Gasteiger partial charge in [0.2, 0.25) is 0 Å². The molecule has 1 aliphatic rings. The Hall–Kier alpha value is -2.72. The molecule has 118 valence electrons. The number of hydrogen-bond acceptors (Lipinski definition) is 3. The summed E-state index contributed by atoms with van der Waals surface area (Å²) in [4.78, 5) is 16.9. The van der Waals surface area contributed by atoms with Gasteiger partial charge < -0.3 is 10.6 Å². The number of carbonyl (C=O) groups excluding carboxylic acids is 1. The first kappa shape index (κ1) is 14.8. The molecule has 0 saturated heterocycles. The minimum atomic E-state index is -0.0152. The zero-order valence-corrected chi connectivity index (χ0v) is 13.8. The van der Waals surface area contributed by atoms with Crippen molar-refractivity contribution >= 4 is 29.0 Å². The quantitative estimate of drug-likeness (QED) is 0.699. The highest BCUT2D eigenvalue weighted by Crippen LogP contribution is 2.43. The number of anilines is 2. The van der Waals surface area contributed by atoms with Gasteiger partial charge in [-0.05, 0) is 29.8 Å². The Morgan fingerprint density at radius 1 is 0.875 bits per heavy atom. The van der Waals surface area contributed by atoms with Gasteiger partial charge in [-0.2, -0.15) is 0 Å². The van der Waals surface area contributed by atoms with E-state index in [1.807, 2.05) is 77.7 Å². The number of amides is 1. The van der Waals surface area contributed by atoms with Crippen LogP contribution in [-0.4, -0.2) is 5.91 Å². The number of para-hydroxylation sites is 1. The van der Waals surface area contributed by atoms with Gasteiger partial charge in [0.25, 0.3) is 5.91 Å². The van der Waals surface area contributed by atoms with Crippen molar-refractivity contribution < 1.29 is 4.79 Å². The van der Waals surface area contributed by atoms with Crippen molar-refractivity contribution in [1.82, 2.24) is 0 Å². The SMILES string of the molecule is Nc1cccc2c1Sc1ccccc1N(Cc1ccccc1)C2=O. The van der Waals surface area contributed by atoms with Crippen molar-refractivity contribution in [2.24, 2.45) is 0 Å². The van der Waals surface area contributed by atoms with Crippen LogP contribution < -0.4 is 10.6 Å². The number of nitrogens with two attached hydrogens (primary N) is 1. The molecule has 24 heavy (non-hydrogen) atoms. The summed E-state index contributed by atoms with van der Waals surface area (Å²) in [5.74, 6) is -0.0152. The molecular weight excluding hydrogens is 316 g/mol. The Kier molecular flexibility index (Phi) is 3.75. The summed E-state index contributed by atoms with van der Waals surface area (Å²) in [5, 5.41) is 0. The summed E-state index contributed by atoms with van der Waals surface area (Å²) >= 11 is 1.56. The van der Waals surface area contributed by atoms with Crippen LogP contribution in [0.2, 0.25) is 0 Å². The van der Waals surface area contributed by atoms with Gasteiger partial charge >= 0.3 is 0 Å². The Morgan fingerprint density at radius 2 is 1.62 bits per heavy atom. The van der Waals surface area contributed by atoms with Gasteiger partial charge in [0.1, 0.15) is 0 Å². The lowest BCUT2D eigenvalue weighted by atomic mass is 10.1. The molecule has 2 N–H and O–H groups in total. The van der Waals surface area contributed by atoms with Crippen molar-refractivity contribution in [3.63, 3.8) is 0 Å². The number of carbonyl (C=O) groups is 1. The van der Waals surface area contributed by atoms with Gasteiger partial charge in [-0.1, -0.05) is 60.3 Å². The molecule has 0 atom stereocenters. The molecule has 0 unspecified atom stereocenters. The van der Waals surface area contributed by atoms with Crippen LogP contribution in [0.5, 0.6) is 0 Å². The molecule has 0 radical (unpaired) electrons. The lowest BCUT2D eigenvalue weighted by molar-refractivity contribution is 0.0982. The first-order chi connectivity index (χ1) is 11.7. The lowest BCUT2D eigenvalue weighted by Crippen LogP contribution is -2.30. The van der Waals surface area contributed by atoms with Crippen LogP contribution in [0.15, 0.2) is 82.6 Å². The molecule has 0 fully saturated rings. The molecule has 0 saturated carbocycles. The summed E-state index contributed by atoms with van der Waals surface area (Å²) in [7, 11) is 0. The Labute approximate surface area is 145 Å². The molecule has 0 aromatic heterocycles. The average molecular weight is 332 g/mol. The topological polar surface area (TPSA) is 46.3 Å². The van der Waals surface area contributed by atoms with Gasteiger partial charge in [0.05, 0.1) is 17.8 Å². The molecule has 3 aromatic carbocycles. The fraction of sp³-hybridized carbons (Fsp3) is 0.0500. The molecule has 4 rings (SSSR count). The van der Waals surface area contributed by atoms with Crippen LogP contribution in [0.4, 0.5) is 11.4 Å². The van der Waals surface area contributed by atoms with Crippen LogP contribution >= 0.6 is 11.8 Å². The van der Waals surface area contributed by atoms with Gasteiger partial charge in [-0.25, -0.2) is 0 Å². The molecular formula is C20H16N2OS. The van der Waals surface area contributed by atoms with Crippen LogP contribution in [0.25, 0.3) is 0 Å². The number of nitrogen functional groups attached to an aromatic ring is 1. The Bertz CT molecular complexity index is 909. The van der Waals surface area contributed by atoms with E-state index in [0.29, 0.717) is 17.8 Å². The monoisotopic (exact) mass is 332 g/mol. The molecule has 0 aliphatic carbocycles. The smallest absolute Gasteiger partial charge is 0.259 e. The van der Waals surface area contributed by atoms with E-state index in [9.17, 15) is 4.79 Å². The van der Waals surface area contributed by atoms with Gasteiger partial charge in [-0.15, -0.1) is 0 Å². The van der Waals surface area contributed by atoms with Crippen LogP contribution in [0.1, 0.15) is 15.9 Å². The van der Waals surface area contributed by atoms with Gasteiger partial charge in [0.15, 0.2) is 0 Å². The van der Waals surface area contributed by atoms with E-state index in [4.69, 9.17) is 5.73 Å². The predicted octanol–water partition coefficient (Wildman–Crippen LogP) is 4.58. The maximum atomic E-state index is 13.2. The van der Waals surface area contributed by atoms with Crippen molar-refractivity contribution in [3.05, 3.63) is 83.9 Å². The third-order valence-corrected chi connectivity index (χ3v) is 5.30. The molecule has 1 heterocycles. The maximum Gasteiger partial charge on any atom is 0.259 e. The fourth-order valence-corrected chi connectivity index (χ4v) is 3.99. The van der Waals surface area contributed by atoms with E-state index in [1.54, 1.807) is 11.8 Å². The maximum absolute atomic E-state index is 13.2. The minimum Gasteiger partial charge on any atom is -0.398 e. The molecule has 1 amide bonds. The summed E-state index contributed by atoms with van der Waals surface area (Å²) in [6.45, 7) is 0.533. The number of nitrogens with zero attached hydrogens (tertiary/aromatic N) is 1. The number of fused-ring (bicyclic) bond motifs is 2. The molecule has 1 aliphatic heterocycles. The van der Waals surface area contributed by atoms with E-state index in [-0.39, 0.29) is 5.91 Å². The average Bonchev–Trinajstić information content (AvgIpc) is 2.73. The van der Waals surface area contributed by atoms with Crippen LogP contribution in [0, 0.1) is 0 Å². The lowest BCUT2D eigenvalue weighted by Gasteiger charge is -2.23. The van der Waals surface area contributed by atoms with E-state index in [0.717, 1.165) is 21.0 Å². The molecule has 0 bridgehead atoms. The minimum absolute atomic E-state index is 0.0152. The molecule has 4 heteroatoms. The van der Waals surface area contributed by atoms with Crippen LogP contribution in [0.3, 0.4) is 0 Å². The van der Waals surface area contributed by atoms with E-state index >= 15 is 0 Å². The highest BCUT2D eigenvalue weighted by Gasteiger charge is 2.28. The standard InChI is InChI=1S/C20H16N2OS/c21-16-10-6-9-15-19(16)24-18-12-5-4-11-17(18)22(20(15)23)13-14-7-2-1-3-8-14/h1-12H,13,21H2. The van der Waals surface area contributed by atoms with Crippen molar-refractivity contribution in [2.75, 3.05) is 10.6 Å². The third kappa shape index (κ3) is 2.55. The molecule has 3 aromatic rings. The summed E-state index contributed by atoms with van der Waals surface area (Å²) < 4.78 is 0. The second-order valence-electron chi connectivity index (χ2n) is 5.67. The second kappa shape index (κ2) is 6.06. The van der Waals surface area contributed by atoms with E-state index in [2.05, 4.69) is 0 Å². The Morgan fingerprint density at radius 3 is 2.46 bits per heavy atom. The second-order valence-corrected chi connectivity index (χ2v) is 6.72. The number of benzene rings is 3. The van der Waals surface area contributed by atoms with Crippen molar-refractivity contribution in [1.29, 1.82) is 0 Å². The molecule has 3 nitrogen and oxygen atoms in total. The van der Waals surface area contributed by atoms with Crippen LogP contribution in [-0.2, 0) is 6.54 Å². The normalized spacial score (nSPS) is 13.2. The van der Waals surface area contributed by atoms with Gasteiger partial charge in [0, 0.05) is 15.5 Å². The molecule has 0 spiro atoms.